The standard InChI is InChI=1S/C34H43ClN4O9S/c1-4-45-33(41)28(14-13-23-10-7-6-8-11-23)38-22(3)32(40)39-20-26(17-30(39)34(42)46-5-2)48-21-24-16-31(49(36,43)44)27(35)18-29(24)37-19-25-12-9-15-47-25/h6-12,15-16,18,22,26,28,30,37-38H,4-5,13-14,17,19-21H2,1-3H3,(H2,36,43,44)/t22-,26+,28-,30-/m0/s1. The molecule has 2 aromatic carbocycles. The van der Waals surface area contributed by atoms with E-state index in [0.29, 0.717) is 29.9 Å². The fourth-order valence-corrected chi connectivity index (χ4v) is 6.74. The van der Waals surface area contributed by atoms with E-state index < -0.39 is 52.1 Å². The smallest absolute Gasteiger partial charge is 0.328 e. The average molecular weight is 719 g/mol. The molecule has 4 atom stereocenters. The number of nitrogens with one attached hydrogen (secondary N) is 2. The van der Waals surface area contributed by atoms with Crippen molar-refractivity contribution >= 4 is 45.2 Å². The van der Waals surface area contributed by atoms with Gasteiger partial charge >= 0.3 is 11.9 Å². The van der Waals surface area contributed by atoms with Crippen LogP contribution in [0.5, 0.6) is 0 Å². The van der Waals surface area contributed by atoms with Gasteiger partial charge in [0.05, 0.1) is 49.8 Å². The number of carbonyl (C=O) groups is 3. The monoisotopic (exact) mass is 718 g/mol. The summed E-state index contributed by atoms with van der Waals surface area (Å²) < 4.78 is 46.6. The van der Waals surface area contributed by atoms with E-state index in [1.165, 1.54) is 23.3 Å². The van der Waals surface area contributed by atoms with Crippen LogP contribution in [0, 0.1) is 0 Å². The first-order valence-corrected chi connectivity index (χ1v) is 18.0. The summed E-state index contributed by atoms with van der Waals surface area (Å²) in [5.41, 5.74) is 1.96. The largest absolute Gasteiger partial charge is 0.467 e. The molecule has 3 aromatic rings. The van der Waals surface area contributed by atoms with Crippen LogP contribution >= 0.6 is 11.6 Å². The summed E-state index contributed by atoms with van der Waals surface area (Å²) >= 11 is 6.27. The minimum atomic E-state index is -4.15. The maximum atomic E-state index is 13.9. The number of esters is 2. The van der Waals surface area contributed by atoms with Crippen molar-refractivity contribution in [2.75, 3.05) is 25.1 Å². The fourth-order valence-electron chi connectivity index (χ4n) is 5.61. The van der Waals surface area contributed by atoms with Gasteiger partial charge in [-0.15, -0.1) is 0 Å². The number of halogens is 1. The number of furan rings is 1. The maximum absolute atomic E-state index is 13.9. The lowest BCUT2D eigenvalue weighted by atomic mass is 10.0. The Morgan fingerprint density at radius 2 is 1.82 bits per heavy atom. The number of benzene rings is 2. The zero-order chi connectivity index (χ0) is 35.6. The zero-order valence-electron chi connectivity index (χ0n) is 27.7. The summed E-state index contributed by atoms with van der Waals surface area (Å²) in [6, 6.07) is 13.4. The first kappa shape index (κ1) is 37.9. The van der Waals surface area contributed by atoms with Gasteiger partial charge in [0, 0.05) is 24.2 Å². The number of sulfonamides is 1. The normalized spacial score (nSPS) is 17.4. The maximum Gasteiger partial charge on any atom is 0.328 e. The third kappa shape index (κ3) is 10.5. The first-order valence-electron chi connectivity index (χ1n) is 16.1. The molecule has 15 heteroatoms. The van der Waals surface area contributed by atoms with Gasteiger partial charge in [0.15, 0.2) is 0 Å². The lowest BCUT2D eigenvalue weighted by Crippen LogP contribution is -2.53. The van der Waals surface area contributed by atoms with Gasteiger partial charge in [0.1, 0.15) is 22.7 Å². The van der Waals surface area contributed by atoms with Crippen LogP contribution in [-0.4, -0.2) is 75.2 Å². The molecule has 0 spiro atoms. The Balaban J connectivity index is 1.49. The fraction of sp³-hybridized carbons (Fsp3) is 0.441. The second-order valence-corrected chi connectivity index (χ2v) is 13.5. The van der Waals surface area contributed by atoms with Gasteiger partial charge in [-0.1, -0.05) is 41.9 Å². The van der Waals surface area contributed by atoms with E-state index in [9.17, 15) is 22.8 Å². The number of nitrogens with zero attached hydrogens (tertiary/aromatic N) is 1. The third-order valence-electron chi connectivity index (χ3n) is 8.03. The molecule has 1 aliphatic heterocycles. The number of rotatable bonds is 17. The van der Waals surface area contributed by atoms with Crippen LogP contribution in [0.2, 0.25) is 5.02 Å². The highest BCUT2D eigenvalue weighted by Crippen LogP contribution is 2.31. The summed E-state index contributed by atoms with van der Waals surface area (Å²) in [5, 5.41) is 11.6. The van der Waals surface area contributed by atoms with E-state index in [0.717, 1.165) is 5.56 Å². The van der Waals surface area contributed by atoms with Gasteiger partial charge in [-0.2, -0.15) is 0 Å². The summed E-state index contributed by atoms with van der Waals surface area (Å²) in [4.78, 5) is 40.9. The number of primary sulfonamides is 1. The van der Waals surface area contributed by atoms with Crippen molar-refractivity contribution in [2.24, 2.45) is 5.14 Å². The number of aryl methyl sites for hydroxylation is 1. The zero-order valence-corrected chi connectivity index (χ0v) is 29.3. The van der Waals surface area contributed by atoms with E-state index in [2.05, 4.69) is 10.6 Å². The molecule has 0 unspecified atom stereocenters. The lowest BCUT2D eigenvalue weighted by Gasteiger charge is -2.28. The Bertz CT molecular complexity index is 1670. The summed E-state index contributed by atoms with van der Waals surface area (Å²) in [7, 11) is -4.15. The van der Waals surface area contributed by atoms with Crippen molar-refractivity contribution < 1.29 is 41.4 Å². The Labute approximate surface area is 291 Å². The summed E-state index contributed by atoms with van der Waals surface area (Å²) in [6.45, 7) is 5.56. The van der Waals surface area contributed by atoms with Crippen molar-refractivity contribution in [3.63, 3.8) is 0 Å². The summed E-state index contributed by atoms with van der Waals surface area (Å²) in [6.07, 6.45) is 2.03. The van der Waals surface area contributed by atoms with E-state index >= 15 is 0 Å². The van der Waals surface area contributed by atoms with Crippen molar-refractivity contribution in [3.8, 4) is 0 Å². The van der Waals surface area contributed by atoms with Crippen LogP contribution in [0.3, 0.4) is 0 Å². The number of ether oxygens (including phenoxy) is 3. The molecule has 0 bridgehead atoms. The lowest BCUT2D eigenvalue weighted by molar-refractivity contribution is -0.154. The Morgan fingerprint density at radius 1 is 1.08 bits per heavy atom. The molecular formula is C34H43ClN4O9S. The predicted octanol–water partition coefficient (Wildman–Crippen LogP) is 3.78. The number of anilines is 1. The molecule has 1 amide bonds. The van der Waals surface area contributed by atoms with Crippen molar-refractivity contribution in [1.29, 1.82) is 0 Å². The average Bonchev–Trinajstić information content (AvgIpc) is 3.75. The van der Waals surface area contributed by atoms with Gasteiger partial charge in [-0.3, -0.25) is 14.9 Å². The van der Waals surface area contributed by atoms with Crippen LogP contribution in [0.1, 0.15) is 50.5 Å². The first-order chi connectivity index (χ1) is 23.4. The van der Waals surface area contributed by atoms with Gasteiger partial charge in [-0.25, -0.2) is 18.4 Å². The SMILES string of the molecule is CCOC(=O)[C@H](CCc1ccccc1)N[C@@H](C)C(=O)N1C[C@H](OCc2cc(S(N)(=O)=O)c(Cl)cc2NCc2ccco2)C[C@H]1C(=O)OCC. The molecule has 0 saturated carbocycles. The van der Waals surface area contributed by atoms with Crippen LogP contribution in [0.4, 0.5) is 5.69 Å². The highest BCUT2D eigenvalue weighted by molar-refractivity contribution is 7.89. The van der Waals surface area contributed by atoms with Crippen LogP contribution < -0.4 is 15.8 Å². The van der Waals surface area contributed by atoms with Crippen molar-refractivity contribution in [3.05, 3.63) is 82.8 Å². The molecule has 4 N–H and O–H groups in total. The third-order valence-corrected chi connectivity index (χ3v) is 9.41. The highest BCUT2D eigenvalue weighted by atomic mass is 35.5. The quantitative estimate of drug-likeness (QED) is 0.173. The Kier molecular flexibility index (Phi) is 13.6. The summed E-state index contributed by atoms with van der Waals surface area (Å²) in [5.74, 6) is -0.833. The van der Waals surface area contributed by atoms with Gasteiger partial charge < -0.3 is 28.8 Å². The van der Waals surface area contributed by atoms with E-state index in [4.69, 9.17) is 35.4 Å². The molecule has 0 aliphatic carbocycles. The minimum Gasteiger partial charge on any atom is -0.467 e. The molecule has 1 aliphatic rings. The molecule has 1 fully saturated rings. The molecule has 4 rings (SSSR count). The molecule has 266 valence electrons. The number of carbonyl (C=O) groups excluding carboxylic acids is 3. The number of nitrogens with two attached hydrogens (primary N) is 1. The van der Waals surface area contributed by atoms with E-state index in [-0.39, 0.29) is 49.2 Å². The molecule has 2 heterocycles. The number of likely N-dealkylation sites (tertiary alicyclic amines) is 1. The van der Waals surface area contributed by atoms with Crippen LogP contribution in [0.25, 0.3) is 0 Å². The van der Waals surface area contributed by atoms with Crippen LogP contribution in [-0.2, 0) is 58.2 Å². The van der Waals surface area contributed by atoms with Gasteiger partial charge in [0.2, 0.25) is 15.9 Å². The van der Waals surface area contributed by atoms with Crippen molar-refractivity contribution in [2.45, 2.75) is 82.3 Å². The minimum absolute atomic E-state index is 0.0488. The van der Waals surface area contributed by atoms with Crippen LogP contribution in [0.15, 0.2) is 70.2 Å². The Morgan fingerprint density at radius 3 is 2.47 bits per heavy atom. The van der Waals surface area contributed by atoms with Gasteiger partial charge in [-0.05, 0) is 63.4 Å². The van der Waals surface area contributed by atoms with E-state index in [1.807, 2.05) is 30.3 Å². The van der Waals surface area contributed by atoms with E-state index in [1.54, 1.807) is 32.9 Å². The predicted molar refractivity (Wildman–Crippen MR) is 182 cm³/mol. The second-order valence-electron chi connectivity index (χ2n) is 11.6. The van der Waals surface area contributed by atoms with Gasteiger partial charge in [0.25, 0.3) is 0 Å². The molecule has 49 heavy (non-hydrogen) atoms. The molecular weight excluding hydrogens is 676 g/mol. The number of hydrogen-bond acceptors (Lipinski definition) is 11. The second kappa shape index (κ2) is 17.6. The number of amides is 1. The molecule has 13 nitrogen and oxygen atoms in total. The molecule has 1 aromatic heterocycles. The highest BCUT2D eigenvalue weighted by Gasteiger charge is 2.43. The molecule has 0 radical (unpaired) electrons. The number of hydrogen-bond donors (Lipinski definition) is 3. The topological polar surface area (TPSA) is 179 Å². The molecule has 1 saturated heterocycles. The Hall–Kier alpha value is -3.95. The van der Waals surface area contributed by atoms with Crippen molar-refractivity contribution in [1.82, 2.24) is 10.2 Å².